The van der Waals surface area contributed by atoms with Crippen LogP contribution in [0, 0.1) is 0 Å². The van der Waals surface area contributed by atoms with Crippen molar-refractivity contribution in [1.29, 1.82) is 0 Å². The van der Waals surface area contributed by atoms with E-state index in [0.717, 1.165) is 4.47 Å². The van der Waals surface area contributed by atoms with Gasteiger partial charge in [0.25, 0.3) is 0 Å². The van der Waals surface area contributed by atoms with Gasteiger partial charge in [-0.3, -0.25) is 9.10 Å². The van der Waals surface area contributed by atoms with Crippen LogP contribution in [0.3, 0.4) is 0 Å². The number of anilines is 2. The van der Waals surface area contributed by atoms with Crippen LogP contribution >= 0.6 is 15.9 Å². The average molecular weight is 411 g/mol. The minimum atomic E-state index is -3.38. The number of sulfonamides is 1. The summed E-state index contributed by atoms with van der Waals surface area (Å²) >= 11 is 3.35. The minimum Gasteiger partial charge on any atom is -0.326 e. The first kappa shape index (κ1) is 18.5. The molecule has 128 valence electrons. The van der Waals surface area contributed by atoms with Crippen molar-refractivity contribution in [3.8, 4) is 0 Å². The van der Waals surface area contributed by atoms with Crippen molar-refractivity contribution in [3.63, 3.8) is 0 Å². The van der Waals surface area contributed by atoms with Crippen LogP contribution in [0.5, 0.6) is 0 Å². The number of carbonyl (C=O) groups excluding carboxylic acids is 1. The number of carbonyl (C=O) groups is 1. The lowest BCUT2D eigenvalue weighted by atomic mass is 10.2. The number of benzene rings is 2. The molecule has 7 heteroatoms. The highest BCUT2D eigenvalue weighted by atomic mass is 79.9. The summed E-state index contributed by atoms with van der Waals surface area (Å²) in [5.74, 6) is -0.144. The lowest BCUT2D eigenvalue weighted by molar-refractivity contribution is -0.116. The SMILES string of the molecule is CS(=O)(=O)N(CCCC(=O)Nc1cccc(Br)c1)c1ccccc1. The van der Waals surface area contributed by atoms with Gasteiger partial charge in [0.15, 0.2) is 0 Å². The Morgan fingerprint density at radius 2 is 1.83 bits per heavy atom. The Balaban J connectivity index is 1.92. The first-order valence-electron chi connectivity index (χ1n) is 7.44. The Hall–Kier alpha value is -1.86. The maximum Gasteiger partial charge on any atom is 0.232 e. The van der Waals surface area contributed by atoms with E-state index in [2.05, 4.69) is 21.2 Å². The molecule has 2 aromatic rings. The third-order valence-electron chi connectivity index (χ3n) is 3.32. The summed E-state index contributed by atoms with van der Waals surface area (Å²) in [7, 11) is -3.38. The molecule has 0 aliphatic carbocycles. The molecule has 0 aliphatic rings. The quantitative estimate of drug-likeness (QED) is 0.757. The molecule has 2 rings (SSSR count). The van der Waals surface area contributed by atoms with Gasteiger partial charge in [-0.2, -0.15) is 0 Å². The van der Waals surface area contributed by atoms with Crippen LogP contribution in [0.25, 0.3) is 0 Å². The molecule has 5 nitrogen and oxygen atoms in total. The molecule has 0 saturated heterocycles. The highest BCUT2D eigenvalue weighted by Crippen LogP contribution is 2.18. The Labute approximate surface area is 150 Å². The molecule has 0 bridgehead atoms. The van der Waals surface area contributed by atoms with Crippen molar-refractivity contribution in [3.05, 3.63) is 59.1 Å². The molecule has 1 amide bonds. The molecule has 0 aromatic heterocycles. The summed E-state index contributed by atoms with van der Waals surface area (Å²) in [4.78, 5) is 12.0. The van der Waals surface area contributed by atoms with Crippen molar-refractivity contribution in [2.75, 3.05) is 22.4 Å². The summed E-state index contributed by atoms with van der Waals surface area (Å²) in [5, 5.41) is 2.80. The Morgan fingerprint density at radius 3 is 2.46 bits per heavy atom. The third-order valence-corrected chi connectivity index (χ3v) is 5.01. The normalized spacial score (nSPS) is 11.1. The molecule has 0 radical (unpaired) electrons. The fourth-order valence-electron chi connectivity index (χ4n) is 2.25. The van der Waals surface area contributed by atoms with Crippen molar-refractivity contribution in [2.45, 2.75) is 12.8 Å². The number of nitrogens with one attached hydrogen (secondary N) is 1. The number of hydrogen-bond acceptors (Lipinski definition) is 3. The van der Waals surface area contributed by atoms with E-state index in [4.69, 9.17) is 0 Å². The Morgan fingerprint density at radius 1 is 1.12 bits per heavy atom. The van der Waals surface area contributed by atoms with Gasteiger partial charge in [-0.05, 0) is 36.8 Å². The summed E-state index contributed by atoms with van der Waals surface area (Å²) in [5.41, 5.74) is 1.31. The predicted molar refractivity (Wildman–Crippen MR) is 101 cm³/mol. The van der Waals surface area contributed by atoms with E-state index >= 15 is 0 Å². The monoisotopic (exact) mass is 410 g/mol. The second-order valence-electron chi connectivity index (χ2n) is 5.33. The van der Waals surface area contributed by atoms with Gasteiger partial charge in [-0.1, -0.05) is 40.2 Å². The van der Waals surface area contributed by atoms with Crippen LogP contribution in [0.15, 0.2) is 59.1 Å². The zero-order valence-corrected chi connectivity index (χ0v) is 15.7. The molecule has 0 saturated carbocycles. The highest BCUT2D eigenvalue weighted by molar-refractivity contribution is 9.10. The van der Waals surface area contributed by atoms with Crippen LogP contribution in [0.4, 0.5) is 11.4 Å². The first-order chi connectivity index (χ1) is 11.4. The maximum absolute atomic E-state index is 12.0. The largest absolute Gasteiger partial charge is 0.326 e. The van der Waals surface area contributed by atoms with Gasteiger partial charge < -0.3 is 5.32 Å². The highest BCUT2D eigenvalue weighted by Gasteiger charge is 2.17. The second kappa shape index (κ2) is 8.30. The van der Waals surface area contributed by atoms with Crippen LogP contribution in [-0.2, 0) is 14.8 Å². The summed E-state index contributed by atoms with van der Waals surface area (Å²) < 4.78 is 26.1. The molecule has 0 unspecified atom stereocenters. The summed E-state index contributed by atoms with van der Waals surface area (Å²) in [6.45, 7) is 0.259. The van der Waals surface area contributed by atoms with Crippen LogP contribution in [0.1, 0.15) is 12.8 Å². The maximum atomic E-state index is 12.0. The number of hydrogen-bond donors (Lipinski definition) is 1. The zero-order valence-electron chi connectivity index (χ0n) is 13.3. The van der Waals surface area contributed by atoms with E-state index in [0.29, 0.717) is 17.8 Å². The standard InChI is InChI=1S/C17H19BrN2O3S/c1-24(22,23)20(16-9-3-2-4-10-16)12-6-11-17(21)19-15-8-5-7-14(18)13-15/h2-5,7-10,13H,6,11-12H2,1H3,(H,19,21). The predicted octanol–water partition coefficient (Wildman–Crippen LogP) is 3.63. The number of halogens is 1. The van der Waals surface area contributed by atoms with Crippen LogP contribution in [0.2, 0.25) is 0 Å². The van der Waals surface area contributed by atoms with Crippen molar-refractivity contribution in [2.24, 2.45) is 0 Å². The zero-order chi connectivity index (χ0) is 17.6. The van der Waals surface area contributed by atoms with Crippen LogP contribution in [-0.4, -0.2) is 27.1 Å². The van der Waals surface area contributed by atoms with Gasteiger partial charge in [-0.15, -0.1) is 0 Å². The number of nitrogens with zero attached hydrogens (tertiary/aromatic N) is 1. The summed E-state index contributed by atoms with van der Waals surface area (Å²) in [6.07, 6.45) is 1.84. The lowest BCUT2D eigenvalue weighted by Gasteiger charge is -2.22. The Kier molecular flexibility index (Phi) is 6.39. The van der Waals surface area contributed by atoms with Gasteiger partial charge in [0.05, 0.1) is 11.9 Å². The van der Waals surface area contributed by atoms with E-state index in [1.165, 1.54) is 10.6 Å². The molecule has 0 fully saturated rings. The van der Waals surface area contributed by atoms with Gasteiger partial charge >= 0.3 is 0 Å². The second-order valence-corrected chi connectivity index (χ2v) is 8.16. The van der Waals surface area contributed by atoms with E-state index in [1.807, 2.05) is 24.3 Å². The fraction of sp³-hybridized carbons (Fsp3) is 0.235. The molecule has 0 aliphatic heterocycles. The molecular weight excluding hydrogens is 392 g/mol. The summed E-state index contributed by atoms with van der Waals surface area (Å²) in [6, 6.07) is 16.2. The molecule has 0 spiro atoms. The molecule has 24 heavy (non-hydrogen) atoms. The van der Waals surface area contributed by atoms with Crippen molar-refractivity contribution >= 4 is 43.2 Å². The molecule has 0 atom stereocenters. The van der Waals surface area contributed by atoms with Crippen molar-refractivity contribution in [1.82, 2.24) is 0 Å². The van der Waals surface area contributed by atoms with Gasteiger partial charge in [-0.25, -0.2) is 8.42 Å². The van der Waals surface area contributed by atoms with Crippen molar-refractivity contribution < 1.29 is 13.2 Å². The molecule has 1 N–H and O–H groups in total. The number of para-hydroxylation sites is 1. The van der Waals surface area contributed by atoms with Gasteiger partial charge in [0.1, 0.15) is 0 Å². The Bertz CT molecular complexity index is 794. The smallest absolute Gasteiger partial charge is 0.232 e. The average Bonchev–Trinajstić information content (AvgIpc) is 2.51. The number of rotatable bonds is 7. The van der Waals surface area contributed by atoms with Gasteiger partial charge in [0, 0.05) is 23.1 Å². The molecule has 2 aromatic carbocycles. The van der Waals surface area contributed by atoms with E-state index < -0.39 is 10.0 Å². The minimum absolute atomic E-state index is 0.144. The van der Waals surface area contributed by atoms with Gasteiger partial charge in [0.2, 0.25) is 15.9 Å². The number of amides is 1. The molecule has 0 heterocycles. The third kappa shape index (κ3) is 5.65. The lowest BCUT2D eigenvalue weighted by Crippen LogP contribution is -2.31. The van der Waals surface area contributed by atoms with E-state index in [9.17, 15) is 13.2 Å². The topological polar surface area (TPSA) is 66.5 Å². The fourth-order valence-corrected chi connectivity index (χ4v) is 3.62. The van der Waals surface area contributed by atoms with E-state index in [1.54, 1.807) is 30.3 Å². The van der Waals surface area contributed by atoms with E-state index in [-0.39, 0.29) is 18.9 Å². The van der Waals surface area contributed by atoms with Crippen LogP contribution < -0.4 is 9.62 Å². The first-order valence-corrected chi connectivity index (χ1v) is 10.1. The molecular formula is C17H19BrN2O3S.